The van der Waals surface area contributed by atoms with Gasteiger partial charge < -0.3 is 9.64 Å². The number of fused-ring (bicyclic) bond motifs is 1. The summed E-state index contributed by atoms with van der Waals surface area (Å²) in [6.07, 6.45) is 1.17. The zero-order valence-electron chi connectivity index (χ0n) is 17.1. The Morgan fingerprint density at radius 1 is 1.14 bits per heavy atom. The molecule has 2 aromatic rings. The lowest BCUT2D eigenvalue weighted by atomic mass is 10.1. The van der Waals surface area contributed by atoms with Crippen LogP contribution in [0.3, 0.4) is 0 Å². The Balaban J connectivity index is 1.57. The minimum absolute atomic E-state index is 0.157. The minimum Gasteiger partial charge on any atom is -0.444 e. The summed E-state index contributed by atoms with van der Waals surface area (Å²) >= 11 is 0. The van der Waals surface area contributed by atoms with Crippen LogP contribution in [-0.4, -0.2) is 44.1 Å². The van der Waals surface area contributed by atoms with Crippen LogP contribution in [0.1, 0.15) is 39.2 Å². The van der Waals surface area contributed by atoms with Gasteiger partial charge in [0.15, 0.2) is 0 Å². The highest BCUT2D eigenvalue weighted by molar-refractivity contribution is 7.87. The van der Waals surface area contributed by atoms with Crippen LogP contribution in [0.2, 0.25) is 0 Å². The molecular formula is C21H29N3O4S. The molecule has 0 radical (unpaired) electrons. The number of benzene rings is 2. The van der Waals surface area contributed by atoms with Crippen molar-refractivity contribution in [2.45, 2.75) is 51.8 Å². The Kier molecular flexibility index (Phi) is 6.45. The van der Waals surface area contributed by atoms with Crippen molar-refractivity contribution in [2.75, 3.05) is 13.1 Å². The molecule has 2 N–H and O–H groups in total. The number of nitrogens with one attached hydrogen (secondary N) is 2. The van der Waals surface area contributed by atoms with Gasteiger partial charge >= 0.3 is 6.09 Å². The Bertz CT molecular complexity index is 964. The lowest BCUT2D eigenvalue weighted by Crippen LogP contribution is -2.47. The van der Waals surface area contributed by atoms with E-state index in [0.717, 1.165) is 29.2 Å². The maximum absolute atomic E-state index is 12.4. The third-order valence-corrected chi connectivity index (χ3v) is 5.92. The Morgan fingerprint density at radius 2 is 1.86 bits per heavy atom. The number of rotatable bonds is 6. The van der Waals surface area contributed by atoms with Gasteiger partial charge in [-0.1, -0.05) is 42.5 Å². The molecule has 0 spiro atoms. The van der Waals surface area contributed by atoms with Gasteiger partial charge in [-0.15, -0.1) is 0 Å². The molecule has 8 heteroatoms. The monoisotopic (exact) mass is 419 g/mol. The van der Waals surface area contributed by atoms with E-state index in [0.29, 0.717) is 6.54 Å². The van der Waals surface area contributed by atoms with Crippen LogP contribution in [0, 0.1) is 0 Å². The van der Waals surface area contributed by atoms with Gasteiger partial charge in [0.05, 0.1) is 0 Å². The van der Waals surface area contributed by atoms with Gasteiger partial charge in [-0.25, -0.2) is 9.52 Å². The Hall–Kier alpha value is -2.16. The highest BCUT2D eigenvalue weighted by atomic mass is 32.2. The predicted molar refractivity (Wildman–Crippen MR) is 114 cm³/mol. The van der Waals surface area contributed by atoms with Crippen molar-refractivity contribution in [3.05, 3.63) is 48.0 Å². The first kappa shape index (κ1) is 21.5. The highest BCUT2D eigenvalue weighted by Gasteiger charge is 2.32. The van der Waals surface area contributed by atoms with E-state index in [4.69, 9.17) is 4.74 Å². The summed E-state index contributed by atoms with van der Waals surface area (Å²) in [6.45, 7) is 6.37. The average Bonchev–Trinajstić information content (AvgIpc) is 3.12. The van der Waals surface area contributed by atoms with Crippen LogP contribution < -0.4 is 9.44 Å². The van der Waals surface area contributed by atoms with E-state index in [9.17, 15) is 13.2 Å². The van der Waals surface area contributed by atoms with E-state index in [-0.39, 0.29) is 19.1 Å². The smallest absolute Gasteiger partial charge is 0.410 e. The van der Waals surface area contributed by atoms with Gasteiger partial charge in [0.1, 0.15) is 5.60 Å². The molecule has 29 heavy (non-hydrogen) atoms. The number of carbonyl (C=O) groups is 1. The van der Waals surface area contributed by atoms with Crippen molar-refractivity contribution in [2.24, 2.45) is 0 Å². The molecular weight excluding hydrogens is 390 g/mol. The zero-order valence-corrected chi connectivity index (χ0v) is 18.0. The van der Waals surface area contributed by atoms with Gasteiger partial charge in [0, 0.05) is 25.7 Å². The summed E-state index contributed by atoms with van der Waals surface area (Å²) in [5, 5.41) is 2.08. The molecule has 0 aromatic heterocycles. The van der Waals surface area contributed by atoms with Crippen molar-refractivity contribution in [3.8, 4) is 0 Å². The van der Waals surface area contributed by atoms with Crippen molar-refractivity contribution in [3.63, 3.8) is 0 Å². The molecule has 2 aromatic carbocycles. The third kappa shape index (κ3) is 5.91. The number of hydrogen-bond donors (Lipinski definition) is 2. The zero-order chi connectivity index (χ0) is 21.1. The van der Waals surface area contributed by atoms with Gasteiger partial charge in [-0.3, -0.25) is 0 Å². The number of ether oxygens (including phenoxy) is 1. The lowest BCUT2D eigenvalue weighted by Gasteiger charge is -2.28. The maximum Gasteiger partial charge on any atom is 0.410 e. The number of carbonyl (C=O) groups excluding carboxylic acids is 1. The SMILES string of the molecule is CC(C)(C)OC(=O)N1CCC[C@H]1CNS(=O)(=O)NCc1cccc2ccccc12. The molecule has 1 amide bonds. The van der Waals surface area contributed by atoms with Crippen LogP contribution in [0.4, 0.5) is 4.79 Å². The fourth-order valence-electron chi connectivity index (χ4n) is 3.49. The molecule has 158 valence electrons. The molecule has 3 rings (SSSR count). The number of amides is 1. The molecule has 7 nitrogen and oxygen atoms in total. The van der Waals surface area contributed by atoms with Gasteiger partial charge in [0.25, 0.3) is 10.2 Å². The van der Waals surface area contributed by atoms with Gasteiger partial charge in [-0.2, -0.15) is 13.1 Å². The summed E-state index contributed by atoms with van der Waals surface area (Å²) in [4.78, 5) is 14.0. The molecule has 1 atom stereocenters. The lowest BCUT2D eigenvalue weighted by molar-refractivity contribution is 0.0229. The molecule has 0 unspecified atom stereocenters. The van der Waals surface area contributed by atoms with Crippen molar-refractivity contribution >= 4 is 27.1 Å². The molecule has 0 saturated carbocycles. The predicted octanol–water partition coefficient (Wildman–Crippen LogP) is 3.16. The van der Waals surface area contributed by atoms with Crippen molar-refractivity contribution in [1.29, 1.82) is 0 Å². The molecule has 0 bridgehead atoms. The fourth-order valence-corrected chi connectivity index (χ4v) is 4.34. The quantitative estimate of drug-likeness (QED) is 0.753. The fraction of sp³-hybridized carbons (Fsp3) is 0.476. The van der Waals surface area contributed by atoms with E-state index >= 15 is 0 Å². The standard InChI is InChI=1S/C21H29N3O4S/c1-21(2,3)28-20(25)24-13-7-11-18(24)15-23-29(26,27)22-14-17-10-6-9-16-8-4-5-12-19(16)17/h4-6,8-10,12,18,22-23H,7,11,13-15H2,1-3H3/t18-/m0/s1. The van der Waals surface area contributed by atoms with Crippen LogP contribution in [0.5, 0.6) is 0 Å². The van der Waals surface area contributed by atoms with E-state index in [2.05, 4.69) is 9.44 Å². The summed E-state index contributed by atoms with van der Waals surface area (Å²) in [6, 6.07) is 13.5. The van der Waals surface area contributed by atoms with E-state index in [1.807, 2.05) is 63.2 Å². The molecule has 1 heterocycles. The largest absolute Gasteiger partial charge is 0.444 e. The first-order chi connectivity index (χ1) is 13.6. The second-order valence-corrected chi connectivity index (χ2v) is 9.87. The van der Waals surface area contributed by atoms with Gasteiger partial charge in [0.2, 0.25) is 0 Å². The van der Waals surface area contributed by atoms with Crippen molar-refractivity contribution in [1.82, 2.24) is 14.3 Å². The Morgan fingerprint density at radius 3 is 2.62 bits per heavy atom. The van der Waals surface area contributed by atoms with E-state index in [1.54, 1.807) is 4.90 Å². The average molecular weight is 420 g/mol. The number of likely N-dealkylation sites (tertiary alicyclic amines) is 1. The second kappa shape index (κ2) is 8.69. The van der Waals surface area contributed by atoms with Gasteiger partial charge in [-0.05, 0) is 49.9 Å². The maximum atomic E-state index is 12.4. The van der Waals surface area contributed by atoms with Crippen LogP contribution in [0.15, 0.2) is 42.5 Å². The first-order valence-electron chi connectivity index (χ1n) is 9.85. The summed E-state index contributed by atoms with van der Waals surface area (Å²) in [7, 11) is -3.70. The minimum atomic E-state index is -3.70. The van der Waals surface area contributed by atoms with E-state index < -0.39 is 21.9 Å². The highest BCUT2D eigenvalue weighted by Crippen LogP contribution is 2.21. The second-order valence-electron chi connectivity index (χ2n) is 8.28. The first-order valence-corrected chi connectivity index (χ1v) is 11.3. The summed E-state index contributed by atoms with van der Waals surface area (Å²) in [5.41, 5.74) is 0.328. The van der Waals surface area contributed by atoms with E-state index in [1.165, 1.54) is 0 Å². The van der Waals surface area contributed by atoms with Crippen LogP contribution in [-0.2, 0) is 21.5 Å². The molecule has 1 aliphatic heterocycles. The molecule has 1 aliphatic rings. The van der Waals surface area contributed by atoms with Crippen molar-refractivity contribution < 1.29 is 17.9 Å². The summed E-state index contributed by atoms with van der Waals surface area (Å²) in [5.74, 6) is 0. The third-order valence-electron chi connectivity index (χ3n) is 4.85. The molecule has 1 fully saturated rings. The number of nitrogens with zero attached hydrogens (tertiary/aromatic N) is 1. The molecule has 0 aliphatic carbocycles. The topological polar surface area (TPSA) is 87.7 Å². The normalized spacial score (nSPS) is 17.6. The van der Waals surface area contributed by atoms with Crippen LogP contribution >= 0.6 is 0 Å². The number of hydrogen-bond acceptors (Lipinski definition) is 4. The summed E-state index contributed by atoms with van der Waals surface area (Å²) < 4.78 is 35.5. The Labute approximate surface area is 172 Å². The van der Waals surface area contributed by atoms with Crippen LogP contribution in [0.25, 0.3) is 10.8 Å². The molecule has 1 saturated heterocycles.